The molecular formula is C38H27NO. The number of nitrogens with one attached hydrogen (secondary N) is 1. The van der Waals surface area contributed by atoms with Crippen molar-refractivity contribution in [1.29, 1.82) is 0 Å². The van der Waals surface area contributed by atoms with E-state index >= 15 is 0 Å². The van der Waals surface area contributed by atoms with Gasteiger partial charge in [-0.05, 0) is 71.9 Å². The third kappa shape index (κ3) is 2.78. The van der Waals surface area contributed by atoms with Gasteiger partial charge in [0.05, 0.1) is 5.69 Å². The molecule has 7 aromatic rings. The fraction of sp³-hybridized carbons (Fsp3) is 0.105. The van der Waals surface area contributed by atoms with Gasteiger partial charge in [-0.3, -0.25) is 0 Å². The lowest BCUT2D eigenvalue weighted by molar-refractivity contribution is 0.255. The van der Waals surface area contributed by atoms with Gasteiger partial charge in [-0.2, -0.15) is 0 Å². The minimum absolute atomic E-state index is 0.158. The lowest BCUT2D eigenvalue weighted by atomic mass is 9.81. The molecule has 1 atom stereocenters. The molecule has 1 unspecified atom stereocenters. The maximum absolute atomic E-state index is 6.85. The van der Waals surface area contributed by atoms with E-state index in [0.717, 1.165) is 17.0 Å². The predicted octanol–water partition coefficient (Wildman–Crippen LogP) is 10.1. The molecule has 9 rings (SSSR count). The molecule has 2 heteroatoms. The number of fused-ring (bicyclic) bond motifs is 13. The Kier molecular flexibility index (Phi) is 4.21. The van der Waals surface area contributed by atoms with Crippen molar-refractivity contribution in [3.63, 3.8) is 0 Å². The van der Waals surface area contributed by atoms with Crippen LogP contribution in [0.4, 0.5) is 5.69 Å². The topological polar surface area (TPSA) is 21.3 Å². The Morgan fingerprint density at radius 2 is 1.23 bits per heavy atom. The maximum Gasteiger partial charge on any atom is 0.196 e. The SMILES string of the molecule is CC1(C)c2ccc3ccccc3c2-c2ccc3c(c21)OC(c1ccc2c4ccccc4c4ccccc4c2c1)N3. The number of rotatable bonds is 1. The molecule has 0 spiro atoms. The second kappa shape index (κ2) is 7.64. The van der Waals surface area contributed by atoms with E-state index in [1.807, 2.05) is 0 Å². The Balaban J connectivity index is 1.20. The smallest absolute Gasteiger partial charge is 0.196 e. The minimum Gasteiger partial charge on any atom is -0.464 e. The average Bonchev–Trinajstić information content (AvgIpc) is 3.53. The zero-order valence-electron chi connectivity index (χ0n) is 22.5. The quantitative estimate of drug-likeness (QED) is 0.221. The Labute approximate surface area is 232 Å². The Bertz CT molecular complexity index is 2170. The number of hydrogen-bond donors (Lipinski definition) is 1. The number of benzene rings is 7. The number of ether oxygens (including phenoxy) is 1. The summed E-state index contributed by atoms with van der Waals surface area (Å²) in [4.78, 5) is 0. The molecule has 1 heterocycles. The zero-order valence-corrected chi connectivity index (χ0v) is 22.5. The Hall–Kier alpha value is -4.82. The molecule has 1 aliphatic carbocycles. The van der Waals surface area contributed by atoms with Crippen LogP contribution in [0, 0.1) is 0 Å². The lowest BCUT2D eigenvalue weighted by Gasteiger charge is -2.23. The third-order valence-corrected chi connectivity index (χ3v) is 9.25. The fourth-order valence-electron chi connectivity index (χ4n) is 7.39. The van der Waals surface area contributed by atoms with Crippen molar-refractivity contribution in [3.8, 4) is 16.9 Å². The van der Waals surface area contributed by atoms with E-state index in [9.17, 15) is 0 Å². The molecule has 1 aliphatic heterocycles. The van der Waals surface area contributed by atoms with Crippen LogP contribution in [0.3, 0.4) is 0 Å². The normalized spacial score (nSPS) is 16.6. The molecule has 0 fully saturated rings. The first-order chi connectivity index (χ1) is 19.6. The van der Waals surface area contributed by atoms with Crippen LogP contribution in [0.25, 0.3) is 54.2 Å². The fourth-order valence-corrected chi connectivity index (χ4v) is 7.39. The molecule has 0 bridgehead atoms. The highest BCUT2D eigenvalue weighted by Crippen LogP contribution is 2.58. The van der Waals surface area contributed by atoms with E-state index in [2.05, 4.69) is 134 Å². The third-order valence-electron chi connectivity index (χ3n) is 9.25. The van der Waals surface area contributed by atoms with E-state index in [1.165, 1.54) is 65.3 Å². The van der Waals surface area contributed by atoms with Crippen LogP contribution in [0.15, 0.2) is 115 Å². The summed E-state index contributed by atoms with van der Waals surface area (Å²) in [6.45, 7) is 4.66. The highest BCUT2D eigenvalue weighted by Gasteiger charge is 2.42. The molecule has 0 radical (unpaired) electrons. The first-order valence-corrected chi connectivity index (χ1v) is 14.1. The van der Waals surface area contributed by atoms with Gasteiger partial charge in [-0.15, -0.1) is 0 Å². The molecule has 0 saturated heterocycles. The van der Waals surface area contributed by atoms with Gasteiger partial charge in [0.1, 0.15) is 0 Å². The monoisotopic (exact) mass is 513 g/mol. The van der Waals surface area contributed by atoms with Crippen molar-refractivity contribution < 1.29 is 4.74 Å². The number of anilines is 1. The first-order valence-electron chi connectivity index (χ1n) is 14.1. The van der Waals surface area contributed by atoms with Crippen LogP contribution < -0.4 is 10.1 Å². The summed E-state index contributed by atoms with van der Waals surface area (Å²) in [7, 11) is 0. The molecule has 0 saturated carbocycles. The van der Waals surface area contributed by atoms with Crippen molar-refractivity contribution >= 4 is 48.8 Å². The van der Waals surface area contributed by atoms with E-state index < -0.39 is 0 Å². The standard InChI is InChI=1S/C38H27NO/c1-38(2)32-19-16-22-9-3-4-10-24(22)34(32)30-18-20-33-36(35(30)38)40-37(39-33)23-15-17-29-27-13-6-5-11-25(27)26-12-7-8-14-28(26)31(29)21-23/h3-21,37,39H,1-2H3. The molecular weight excluding hydrogens is 486 g/mol. The van der Waals surface area contributed by atoms with Gasteiger partial charge < -0.3 is 10.1 Å². The van der Waals surface area contributed by atoms with Gasteiger partial charge in [0, 0.05) is 16.5 Å². The molecule has 7 aromatic carbocycles. The van der Waals surface area contributed by atoms with Crippen molar-refractivity contribution in [2.75, 3.05) is 5.32 Å². The summed E-state index contributed by atoms with van der Waals surface area (Å²) in [6, 6.07) is 42.0. The van der Waals surface area contributed by atoms with Crippen LogP contribution >= 0.6 is 0 Å². The van der Waals surface area contributed by atoms with Crippen LogP contribution in [0.5, 0.6) is 5.75 Å². The van der Waals surface area contributed by atoms with Crippen LogP contribution in [-0.2, 0) is 5.41 Å². The maximum atomic E-state index is 6.85. The van der Waals surface area contributed by atoms with Gasteiger partial charge in [0.15, 0.2) is 12.0 Å². The largest absolute Gasteiger partial charge is 0.464 e. The summed E-state index contributed by atoms with van der Waals surface area (Å²) in [5, 5.41) is 14.0. The number of hydrogen-bond acceptors (Lipinski definition) is 2. The molecule has 1 N–H and O–H groups in total. The second-order valence-electron chi connectivity index (χ2n) is 11.7. The van der Waals surface area contributed by atoms with Crippen molar-refractivity contribution in [1.82, 2.24) is 0 Å². The molecule has 0 aromatic heterocycles. The highest BCUT2D eigenvalue weighted by molar-refractivity contribution is 6.25. The van der Waals surface area contributed by atoms with Crippen molar-refractivity contribution in [3.05, 3.63) is 132 Å². The second-order valence-corrected chi connectivity index (χ2v) is 11.7. The van der Waals surface area contributed by atoms with Gasteiger partial charge in [0.2, 0.25) is 0 Å². The van der Waals surface area contributed by atoms with Crippen LogP contribution in [0.1, 0.15) is 36.8 Å². The van der Waals surface area contributed by atoms with E-state index in [-0.39, 0.29) is 11.6 Å². The van der Waals surface area contributed by atoms with E-state index in [4.69, 9.17) is 4.74 Å². The van der Waals surface area contributed by atoms with Crippen LogP contribution in [-0.4, -0.2) is 0 Å². The average molecular weight is 514 g/mol. The predicted molar refractivity (Wildman–Crippen MR) is 167 cm³/mol. The van der Waals surface area contributed by atoms with Gasteiger partial charge in [-0.1, -0.05) is 117 Å². The molecule has 2 aliphatic rings. The van der Waals surface area contributed by atoms with Gasteiger partial charge in [-0.25, -0.2) is 0 Å². The zero-order chi connectivity index (χ0) is 26.6. The summed E-state index contributed by atoms with van der Waals surface area (Å²) in [5.41, 5.74) is 7.32. The summed E-state index contributed by atoms with van der Waals surface area (Å²) in [6.07, 6.45) is -0.243. The molecule has 0 amide bonds. The molecule has 2 nitrogen and oxygen atoms in total. The summed E-state index contributed by atoms with van der Waals surface area (Å²) >= 11 is 0. The van der Waals surface area contributed by atoms with Crippen LogP contribution in [0.2, 0.25) is 0 Å². The Morgan fingerprint density at radius 3 is 1.95 bits per heavy atom. The molecule has 40 heavy (non-hydrogen) atoms. The lowest BCUT2D eigenvalue weighted by Crippen LogP contribution is -2.16. The van der Waals surface area contributed by atoms with Crippen molar-refractivity contribution in [2.45, 2.75) is 25.5 Å². The Morgan fingerprint density at radius 1 is 0.600 bits per heavy atom. The van der Waals surface area contributed by atoms with Crippen molar-refractivity contribution in [2.24, 2.45) is 0 Å². The minimum atomic E-state index is -0.243. The molecule has 190 valence electrons. The van der Waals surface area contributed by atoms with E-state index in [0.29, 0.717) is 0 Å². The highest BCUT2D eigenvalue weighted by atomic mass is 16.5. The van der Waals surface area contributed by atoms with Gasteiger partial charge in [0.25, 0.3) is 0 Å². The first kappa shape index (κ1) is 22.0. The summed E-state index contributed by atoms with van der Waals surface area (Å²) < 4.78 is 6.85. The van der Waals surface area contributed by atoms with Gasteiger partial charge >= 0.3 is 0 Å². The summed E-state index contributed by atoms with van der Waals surface area (Å²) in [5.74, 6) is 0.983. The van der Waals surface area contributed by atoms with E-state index in [1.54, 1.807) is 0 Å².